The summed E-state index contributed by atoms with van der Waals surface area (Å²) in [6.45, 7) is 0. The second-order valence-corrected chi connectivity index (χ2v) is 6.24. The molecule has 1 N–H and O–H groups in total. The number of halogens is 1. The van der Waals surface area contributed by atoms with Gasteiger partial charge in [0.15, 0.2) is 5.58 Å². The lowest BCUT2D eigenvalue weighted by Crippen LogP contribution is -2.13. The topological polar surface area (TPSA) is 64.4 Å². The van der Waals surface area contributed by atoms with Crippen LogP contribution in [-0.4, -0.2) is 18.0 Å². The highest BCUT2D eigenvalue weighted by molar-refractivity contribution is 6.34. The number of benzene rings is 3. The maximum atomic E-state index is 12.6. The van der Waals surface area contributed by atoms with Crippen LogP contribution in [0.4, 0.5) is 5.69 Å². The molecule has 134 valence electrons. The van der Waals surface area contributed by atoms with Crippen molar-refractivity contribution in [3.63, 3.8) is 0 Å². The summed E-state index contributed by atoms with van der Waals surface area (Å²) < 4.78 is 11.0. The highest BCUT2D eigenvalue weighted by Gasteiger charge is 2.15. The number of para-hydroxylation sites is 3. The summed E-state index contributed by atoms with van der Waals surface area (Å²) in [6.07, 6.45) is 0. The van der Waals surface area contributed by atoms with Crippen LogP contribution in [0.5, 0.6) is 5.75 Å². The van der Waals surface area contributed by atoms with Gasteiger partial charge in [0.05, 0.1) is 23.4 Å². The van der Waals surface area contributed by atoms with Crippen molar-refractivity contribution in [2.24, 2.45) is 0 Å². The minimum atomic E-state index is -0.316. The number of aromatic nitrogens is 1. The summed E-state index contributed by atoms with van der Waals surface area (Å²) in [4.78, 5) is 17.1. The quantitative estimate of drug-likeness (QED) is 0.515. The monoisotopic (exact) mass is 378 g/mol. The van der Waals surface area contributed by atoms with Crippen molar-refractivity contribution in [1.29, 1.82) is 0 Å². The molecule has 0 saturated heterocycles. The van der Waals surface area contributed by atoms with Crippen LogP contribution in [0.25, 0.3) is 22.6 Å². The first-order valence-electron chi connectivity index (χ1n) is 8.25. The molecular weight excluding hydrogens is 364 g/mol. The Balaban J connectivity index is 1.67. The van der Waals surface area contributed by atoms with Gasteiger partial charge in [0.25, 0.3) is 5.91 Å². The number of amides is 1. The molecule has 0 spiro atoms. The standard InChI is InChI=1S/C21H15ClN2O3/c1-26-18-8-4-2-6-14(18)20(25)23-17-12-13(10-11-15(17)22)21-24-16-7-3-5-9-19(16)27-21/h2-12H,1H3,(H,23,25). The second-order valence-electron chi connectivity index (χ2n) is 5.84. The molecule has 0 unspecified atom stereocenters. The Labute approximate surface area is 160 Å². The van der Waals surface area contributed by atoms with Gasteiger partial charge in [-0.2, -0.15) is 0 Å². The Morgan fingerprint density at radius 1 is 1.07 bits per heavy atom. The van der Waals surface area contributed by atoms with Gasteiger partial charge in [0.2, 0.25) is 5.89 Å². The third-order valence-corrected chi connectivity index (χ3v) is 4.44. The van der Waals surface area contributed by atoms with E-state index in [0.717, 1.165) is 5.52 Å². The van der Waals surface area contributed by atoms with E-state index >= 15 is 0 Å². The average Bonchev–Trinajstić information content (AvgIpc) is 3.13. The Hall–Kier alpha value is -3.31. The molecule has 4 aromatic rings. The van der Waals surface area contributed by atoms with Crippen molar-refractivity contribution < 1.29 is 13.9 Å². The summed E-state index contributed by atoms with van der Waals surface area (Å²) >= 11 is 6.27. The lowest BCUT2D eigenvalue weighted by atomic mass is 10.1. The highest BCUT2D eigenvalue weighted by Crippen LogP contribution is 2.31. The summed E-state index contributed by atoms with van der Waals surface area (Å²) in [7, 11) is 1.52. The van der Waals surface area contributed by atoms with Crippen LogP contribution in [0.3, 0.4) is 0 Å². The van der Waals surface area contributed by atoms with E-state index in [1.807, 2.05) is 24.3 Å². The number of hydrogen-bond acceptors (Lipinski definition) is 4. The predicted molar refractivity (Wildman–Crippen MR) is 105 cm³/mol. The SMILES string of the molecule is COc1ccccc1C(=O)Nc1cc(-c2nc3ccccc3o2)ccc1Cl. The first-order chi connectivity index (χ1) is 13.2. The Morgan fingerprint density at radius 3 is 2.67 bits per heavy atom. The van der Waals surface area contributed by atoms with Crippen molar-refractivity contribution in [1.82, 2.24) is 4.98 Å². The van der Waals surface area contributed by atoms with Crippen LogP contribution in [0.2, 0.25) is 5.02 Å². The van der Waals surface area contributed by atoms with E-state index in [4.69, 9.17) is 20.8 Å². The van der Waals surface area contributed by atoms with Gasteiger partial charge in [-0.25, -0.2) is 4.98 Å². The fourth-order valence-electron chi connectivity index (χ4n) is 2.77. The van der Waals surface area contributed by atoms with Gasteiger partial charge >= 0.3 is 0 Å². The number of hydrogen-bond donors (Lipinski definition) is 1. The third-order valence-electron chi connectivity index (χ3n) is 4.11. The summed E-state index contributed by atoms with van der Waals surface area (Å²) in [5, 5.41) is 3.24. The van der Waals surface area contributed by atoms with Crippen LogP contribution in [0, 0.1) is 0 Å². The maximum Gasteiger partial charge on any atom is 0.259 e. The molecule has 0 atom stereocenters. The van der Waals surface area contributed by atoms with Gasteiger partial charge in [-0.1, -0.05) is 35.9 Å². The van der Waals surface area contributed by atoms with Crippen molar-refractivity contribution >= 4 is 34.3 Å². The van der Waals surface area contributed by atoms with Gasteiger partial charge < -0.3 is 14.5 Å². The number of anilines is 1. The van der Waals surface area contributed by atoms with Gasteiger partial charge in [-0.05, 0) is 42.5 Å². The molecule has 0 fully saturated rings. The summed E-state index contributed by atoms with van der Waals surface area (Å²) in [5.41, 5.74) is 3.06. The van der Waals surface area contributed by atoms with Crippen LogP contribution in [-0.2, 0) is 0 Å². The minimum absolute atomic E-state index is 0.316. The molecule has 4 rings (SSSR count). The van der Waals surface area contributed by atoms with E-state index in [9.17, 15) is 4.79 Å². The Bertz CT molecular complexity index is 1100. The number of rotatable bonds is 4. The van der Waals surface area contributed by atoms with Crippen molar-refractivity contribution in [3.05, 3.63) is 77.3 Å². The number of methoxy groups -OCH3 is 1. The van der Waals surface area contributed by atoms with E-state index < -0.39 is 0 Å². The number of nitrogens with zero attached hydrogens (tertiary/aromatic N) is 1. The number of oxazole rings is 1. The number of carbonyl (C=O) groups excluding carboxylic acids is 1. The lowest BCUT2D eigenvalue weighted by Gasteiger charge is -2.11. The number of ether oxygens (including phenoxy) is 1. The van der Waals surface area contributed by atoms with Gasteiger partial charge in [-0.15, -0.1) is 0 Å². The predicted octanol–water partition coefficient (Wildman–Crippen LogP) is 5.41. The lowest BCUT2D eigenvalue weighted by molar-refractivity contribution is 0.102. The second kappa shape index (κ2) is 7.13. The first-order valence-corrected chi connectivity index (χ1v) is 8.63. The molecule has 0 aliphatic rings. The number of fused-ring (bicyclic) bond motifs is 1. The fraction of sp³-hybridized carbons (Fsp3) is 0.0476. The number of carbonyl (C=O) groups is 1. The molecule has 0 aliphatic carbocycles. The molecule has 0 aliphatic heterocycles. The zero-order valence-corrected chi connectivity index (χ0v) is 15.2. The van der Waals surface area contributed by atoms with Gasteiger partial charge in [-0.3, -0.25) is 4.79 Å². The van der Waals surface area contributed by atoms with E-state index in [1.54, 1.807) is 42.5 Å². The number of nitrogens with one attached hydrogen (secondary N) is 1. The average molecular weight is 379 g/mol. The molecule has 6 heteroatoms. The molecule has 0 saturated carbocycles. The molecule has 0 radical (unpaired) electrons. The Morgan fingerprint density at radius 2 is 1.85 bits per heavy atom. The van der Waals surface area contributed by atoms with Crippen LogP contribution >= 0.6 is 11.6 Å². The molecule has 1 heterocycles. The van der Waals surface area contributed by atoms with Crippen molar-refractivity contribution in [2.75, 3.05) is 12.4 Å². The molecule has 5 nitrogen and oxygen atoms in total. The molecule has 27 heavy (non-hydrogen) atoms. The fourth-order valence-corrected chi connectivity index (χ4v) is 2.94. The molecule has 1 amide bonds. The van der Waals surface area contributed by atoms with E-state index in [1.165, 1.54) is 7.11 Å². The Kier molecular flexibility index (Phi) is 4.52. The van der Waals surface area contributed by atoms with Crippen molar-refractivity contribution in [2.45, 2.75) is 0 Å². The van der Waals surface area contributed by atoms with Crippen LogP contribution in [0.15, 0.2) is 71.1 Å². The maximum absolute atomic E-state index is 12.6. The molecular formula is C21H15ClN2O3. The zero-order valence-electron chi connectivity index (χ0n) is 14.4. The summed E-state index contributed by atoms with van der Waals surface area (Å²) in [6, 6.07) is 19.7. The largest absolute Gasteiger partial charge is 0.496 e. The highest BCUT2D eigenvalue weighted by atomic mass is 35.5. The first kappa shape index (κ1) is 17.1. The van der Waals surface area contributed by atoms with Gasteiger partial charge in [0, 0.05) is 5.56 Å². The zero-order chi connectivity index (χ0) is 18.8. The van der Waals surface area contributed by atoms with E-state index in [2.05, 4.69) is 10.3 Å². The van der Waals surface area contributed by atoms with Gasteiger partial charge in [0.1, 0.15) is 11.3 Å². The normalized spacial score (nSPS) is 10.7. The third kappa shape index (κ3) is 3.37. The smallest absolute Gasteiger partial charge is 0.259 e. The van der Waals surface area contributed by atoms with Crippen LogP contribution < -0.4 is 10.1 Å². The molecule has 0 bridgehead atoms. The van der Waals surface area contributed by atoms with E-state index in [0.29, 0.717) is 39.1 Å². The minimum Gasteiger partial charge on any atom is -0.496 e. The summed E-state index contributed by atoms with van der Waals surface area (Å²) in [5.74, 6) is 0.631. The van der Waals surface area contributed by atoms with E-state index in [-0.39, 0.29) is 5.91 Å². The molecule has 1 aromatic heterocycles. The molecule has 3 aromatic carbocycles. The van der Waals surface area contributed by atoms with Crippen LogP contribution in [0.1, 0.15) is 10.4 Å². The van der Waals surface area contributed by atoms with Crippen molar-refractivity contribution in [3.8, 4) is 17.2 Å².